The largest absolute Gasteiger partial charge is 0.294 e. The maximum Gasteiger partial charge on any atom is 0.215 e. The van der Waals surface area contributed by atoms with Crippen molar-refractivity contribution in [3.63, 3.8) is 0 Å². The van der Waals surface area contributed by atoms with E-state index in [1.54, 1.807) is 11.3 Å². The minimum atomic E-state index is -3.32. The lowest BCUT2D eigenvalue weighted by molar-refractivity contribution is 0.250. The first-order valence-corrected chi connectivity index (χ1v) is 10.5. The van der Waals surface area contributed by atoms with E-state index in [1.807, 2.05) is 36.4 Å². The van der Waals surface area contributed by atoms with Crippen LogP contribution in [0.1, 0.15) is 29.3 Å². The SMILES string of the molecule is O=S(=O)(Cc1ccccc1)NCC(c1cccs1)N1CCCC1. The van der Waals surface area contributed by atoms with Crippen LogP contribution in [0.2, 0.25) is 0 Å². The first-order chi connectivity index (χ1) is 11.1. The molecule has 6 heteroatoms. The number of sulfonamides is 1. The third-order valence-electron chi connectivity index (χ3n) is 4.15. The van der Waals surface area contributed by atoms with Gasteiger partial charge in [-0.2, -0.15) is 0 Å². The smallest absolute Gasteiger partial charge is 0.215 e. The highest BCUT2D eigenvalue weighted by atomic mass is 32.2. The van der Waals surface area contributed by atoms with Gasteiger partial charge >= 0.3 is 0 Å². The Morgan fingerprint density at radius 1 is 1.09 bits per heavy atom. The van der Waals surface area contributed by atoms with E-state index in [2.05, 4.69) is 21.1 Å². The number of nitrogens with one attached hydrogen (secondary N) is 1. The zero-order valence-electron chi connectivity index (χ0n) is 13.0. The molecule has 0 spiro atoms. The van der Waals surface area contributed by atoms with Crippen molar-refractivity contribution in [2.24, 2.45) is 0 Å². The second-order valence-corrected chi connectivity index (χ2v) is 8.65. The van der Waals surface area contributed by atoms with Gasteiger partial charge in [-0.1, -0.05) is 36.4 Å². The van der Waals surface area contributed by atoms with Gasteiger partial charge in [0, 0.05) is 11.4 Å². The Morgan fingerprint density at radius 2 is 1.83 bits per heavy atom. The van der Waals surface area contributed by atoms with E-state index in [0.29, 0.717) is 6.54 Å². The lowest BCUT2D eigenvalue weighted by atomic mass is 10.2. The Kier molecular flexibility index (Phi) is 5.48. The van der Waals surface area contributed by atoms with Crippen molar-refractivity contribution >= 4 is 21.4 Å². The van der Waals surface area contributed by atoms with E-state index in [1.165, 1.54) is 17.7 Å². The fourth-order valence-corrected chi connectivity index (χ4v) is 5.00. The van der Waals surface area contributed by atoms with Crippen molar-refractivity contribution in [1.82, 2.24) is 9.62 Å². The van der Waals surface area contributed by atoms with Crippen molar-refractivity contribution in [3.8, 4) is 0 Å². The maximum absolute atomic E-state index is 12.4. The summed E-state index contributed by atoms with van der Waals surface area (Å²) in [5, 5.41) is 2.05. The van der Waals surface area contributed by atoms with Crippen molar-refractivity contribution in [2.45, 2.75) is 24.6 Å². The Bertz CT molecular complexity index is 693. The molecule has 4 nitrogen and oxygen atoms in total. The number of benzene rings is 1. The molecule has 1 unspecified atom stereocenters. The van der Waals surface area contributed by atoms with Crippen LogP contribution in [0.3, 0.4) is 0 Å². The van der Waals surface area contributed by atoms with Crippen molar-refractivity contribution in [2.75, 3.05) is 19.6 Å². The molecule has 0 saturated carbocycles. The Morgan fingerprint density at radius 3 is 2.48 bits per heavy atom. The van der Waals surface area contributed by atoms with E-state index < -0.39 is 10.0 Å². The molecule has 1 aromatic carbocycles. The summed E-state index contributed by atoms with van der Waals surface area (Å²) in [6.45, 7) is 2.53. The summed E-state index contributed by atoms with van der Waals surface area (Å²) >= 11 is 1.70. The molecule has 0 bridgehead atoms. The predicted molar refractivity (Wildman–Crippen MR) is 94.9 cm³/mol. The molecular weight excluding hydrogens is 328 g/mol. The van der Waals surface area contributed by atoms with E-state index in [9.17, 15) is 8.42 Å². The van der Waals surface area contributed by atoms with Crippen LogP contribution in [-0.2, 0) is 15.8 Å². The number of thiophene rings is 1. The summed E-state index contributed by atoms with van der Waals surface area (Å²) < 4.78 is 27.5. The van der Waals surface area contributed by atoms with E-state index in [4.69, 9.17) is 0 Å². The first-order valence-electron chi connectivity index (χ1n) is 7.93. The highest BCUT2D eigenvalue weighted by Gasteiger charge is 2.25. The molecule has 1 aromatic heterocycles. The number of hydrogen-bond donors (Lipinski definition) is 1. The van der Waals surface area contributed by atoms with Gasteiger partial charge in [-0.05, 0) is 42.9 Å². The van der Waals surface area contributed by atoms with Gasteiger partial charge in [0.15, 0.2) is 0 Å². The molecule has 1 atom stereocenters. The van der Waals surface area contributed by atoms with Crippen LogP contribution in [0.4, 0.5) is 0 Å². The molecule has 1 N–H and O–H groups in total. The van der Waals surface area contributed by atoms with E-state index in [0.717, 1.165) is 18.7 Å². The van der Waals surface area contributed by atoms with Crippen molar-refractivity contribution in [1.29, 1.82) is 0 Å². The van der Waals surface area contributed by atoms with Gasteiger partial charge < -0.3 is 0 Å². The monoisotopic (exact) mass is 350 g/mol. The molecular formula is C17H22N2O2S2. The molecule has 1 aliphatic rings. The Hall–Kier alpha value is -1.21. The molecule has 0 radical (unpaired) electrons. The standard InChI is InChI=1S/C17H22N2O2S2/c20-23(21,14-15-7-2-1-3-8-15)18-13-16(17-9-6-12-22-17)19-10-4-5-11-19/h1-3,6-9,12,16,18H,4-5,10-11,13-14H2. The number of likely N-dealkylation sites (tertiary alicyclic amines) is 1. The predicted octanol–water partition coefficient (Wildman–Crippen LogP) is 3.00. The Labute approximate surface area is 142 Å². The number of nitrogens with zero attached hydrogens (tertiary/aromatic N) is 1. The van der Waals surface area contributed by atoms with Gasteiger partial charge in [0.25, 0.3) is 0 Å². The zero-order valence-corrected chi connectivity index (χ0v) is 14.7. The zero-order chi connectivity index (χ0) is 16.1. The molecule has 1 saturated heterocycles. The van der Waals surface area contributed by atoms with Gasteiger partial charge in [-0.25, -0.2) is 13.1 Å². The second-order valence-electron chi connectivity index (χ2n) is 5.87. The summed E-state index contributed by atoms with van der Waals surface area (Å²) in [4.78, 5) is 3.62. The molecule has 0 aliphatic carbocycles. The average Bonchev–Trinajstić information content (AvgIpc) is 3.21. The third kappa shape index (κ3) is 4.64. The lowest BCUT2D eigenvalue weighted by Crippen LogP contribution is -2.36. The summed E-state index contributed by atoms with van der Waals surface area (Å²) in [5.74, 6) is 0.0327. The first kappa shape index (κ1) is 16.6. The van der Waals surface area contributed by atoms with Gasteiger partial charge in [0.1, 0.15) is 0 Å². The van der Waals surface area contributed by atoms with Gasteiger partial charge in [-0.3, -0.25) is 4.90 Å². The van der Waals surface area contributed by atoms with Gasteiger partial charge in [0.2, 0.25) is 10.0 Å². The highest BCUT2D eigenvalue weighted by molar-refractivity contribution is 7.88. The second kappa shape index (κ2) is 7.57. The quantitative estimate of drug-likeness (QED) is 0.835. The van der Waals surface area contributed by atoms with Crippen LogP contribution >= 0.6 is 11.3 Å². The van der Waals surface area contributed by atoms with Gasteiger partial charge in [0.05, 0.1) is 11.8 Å². The molecule has 2 heterocycles. The minimum absolute atomic E-state index is 0.0327. The van der Waals surface area contributed by atoms with Crippen LogP contribution in [-0.4, -0.2) is 33.0 Å². The summed E-state index contributed by atoms with van der Waals surface area (Å²) in [6, 6.07) is 13.6. The lowest BCUT2D eigenvalue weighted by Gasteiger charge is -2.26. The van der Waals surface area contributed by atoms with Crippen LogP contribution in [0.15, 0.2) is 47.8 Å². The van der Waals surface area contributed by atoms with Gasteiger partial charge in [-0.15, -0.1) is 11.3 Å². The molecule has 0 amide bonds. The summed E-state index contributed by atoms with van der Waals surface area (Å²) in [6.07, 6.45) is 2.39. The summed E-state index contributed by atoms with van der Waals surface area (Å²) in [5.41, 5.74) is 0.814. The minimum Gasteiger partial charge on any atom is -0.294 e. The molecule has 3 rings (SSSR count). The van der Waals surface area contributed by atoms with E-state index in [-0.39, 0.29) is 11.8 Å². The molecule has 23 heavy (non-hydrogen) atoms. The molecule has 124 valence electrons. The molecule has 2 aromatic rings. The molecule has 1 fully saturated rings. The number of hydrogen-bond acceptors (Lipinski definition) is 4. The van der Waals surface area contributed by atoms with Crippen LogP contribution in [0.25, 0.3) is 0 Å². The summed E-state index contributed by atoms with van der Waals surface area (Å²) in [7, 11) is -3.32. The normalized spacial score (nSPS) is 17.4. The highest BCUT2D eigenvalue weighted by Crippen LogP contribution is 2.28. The van der Waals surface area contributed by atoms with Crippen LogP contribution in [0, 0.1) is 0 Å². The average molecular weight is 351 g/mol. The van der Waals surface area contributed by atoms with E-state index >= 15 is 0 Å². The fourth-order valence-electron chi connectivity index (χ4n) is 2.99. The van der Waals surface area contributed by atoms with Crippen molar-refractivity contribution < 1.29 is 8.42 Å². The van der Waals surface area contributed by atoms with Crippen LogP contribution in [0.5, 0.6) is 0 Å². The van der Waals surface area contributed by atoms with Crippen molar-refractivity contribution in [3.05, 3.63) is 58.3 Å². The fraction of sp³-hybridized carbons (Fsp3) is 0.412. The van der Waals surface area contributed by atoms with Crippen LogP contribution < -0.4 is 4.72 Å². The maximum atomic E-state index is 12.4. The number of rotatable bonds is 7. The third-order valence-corrected chi connectivity index (χ3v) is 6.44. The Balaban J connectivity index is 1.66. The topological polar surface area (TPSA) is 49.4 Å². The molecule has 1 aliphatic heterocycles.